The third-order valence-corrected chi connectivity index (χ3v) is 3.65. The fraction of sp³-hybridized carbons (Fsp3) is 0.389. The minimum Gasteiger partial charge on any atom is -0.396 e. The van der Waals surface area contributed by atoms with Gasteiger partial charge in [0.05, 0.1) is 22.9 Å². The van der Waals surface area contributed by atoms with E-state index in [-0.39, 0.29) is 24.0 Å². The SMILES string of the molecule is CC(C)(C)C(CCO)NC(=O)/C=C/c1cnc2ccccc2n1. The largest absolute Gasteiger partial charge is 0.396 e. The van der Waals surface area contributed by atoms with Gasteiger partial charge < -0.3 is 10.4 Å². The van der Waals surface area contributed by atoms with E-state index in [9.17, 15) is 4.79 Å². The molecule has 2 N–H and O–H groups in total. The zero-order chi connectivity index (χ0) is 16.9. The number of aliphatic hydroxyl groups is 1. The number of hydrogen-bond acceptors (Lipinski definition) is 4. The molecule has 0 saturated heterocycles. The lowest BCUT2D eigenvalue weighted by Crippen LogP contribution is -2.43. The van der Waals surface area contributed by atoms with Crippen LogP contribution in [-0.4, -0.2) is 33.6 Å². The Morgan fingerprint density at radius 3 is 2.65 bits per heavy atom. The highest BCUT2D eigenvalue weighted by atomic mass is 16.3. The van der Waals surface area contributed by atoms with E-state index in [0.717, 1.165) is 11.0 Å². The number of carbonyl (C=O) groups excluding carboxylic acids is 1. The molecule has 0 aliphatic heterocycles. The first-order chi connectivity index (χ1) is 10.9. The van der Waals surface area contributed by atoms with Gasteiger partial charge in [-0.3, -0.25) is 9.78 Å². The van der Waals surface area contributed by atoms with Gasteiger partial charge in [-0.05, 0) is 30.0 Å². The Hall–Kier alpha value is -2.27. The van der Waals surface area contributed by atoms with Crippen molar-refractivity contribution in [2.75, 3.05) is 6.61 Å². The molecular weight excluding hydrogens is 290 g/mol. The van der Waals surface area contributed by atoms with E-state index in [2.05, 4.69) is 15.3 Å². The molecule has 1 atom stereocenters. The third-order valence-electron chi connectivity index (χ3n) is 3.65. The van der Waals surface area contributed by atoms with Crippen LogP contribution in [0, 0.1) is 5.41 Å². The van der Waals surface area contributed by atoms with E-state index in [4.69, 9.17) is 5.11 Å². The molecule has 0 aliphatic rings. The van der Waals surface area contributed by atoms with Crippen LogP contribution in [0.4, 0.5) is 0 Å². The third kappa shape index (κ3) is 4.86. The lowest BCUT2D eigenvalue weighted by atomic mass is 9.85. The van der Waals surface area contributed by atoms with Crippen molar-refractivity contribution in [3.8, 4) is 0 Å². The maximum absolute atomic E-state index is 12.1. The van der Waals surface area contributed by atoms with Crippen LogP contribution in [0.3, 0.4) is 0 Å². The topological polar surface area (TPSA) is 75.1 Å². The first-order valence-corrected chi connectivity index (χ1v) is 7.71. The van der Waals surface area contributed by atoms with E-state index < -0.39 is 0 Å². The molecule has 1 heterocycles. The molecule has 1 unspecified atom stereocenters. The summed E-state index contributed by atoms with van der Waals surface area (Å²) in [5.41, 5.74) is 2.13. The van der Waals surface area contributed by atoms with Gasteiger partial charge in [0.2, 0.25) is 5.91 Å². The van der Waals surface area contributed by atoms with Crippen LogP contribution in [0.15, 0.2) is 36.5 Å². The van der Waals surface area contributed by atoms with Gasteiger partial charge in [0.25, 0.3) is 0 Å². The Morgan fingerprint density at radius 2 is 2.00 bits per heavy atom. The van der Waals surface area contributed by atoms with Gasteiger partial charge in [-0.25, -0.2) is 4.98 Å². The first kappa shape index (κ1) is 17.1. The Kier molecular flexibility index (Phi) is 5.45. The number of hydrogen-bond donors (Lipinski definition) is 2. The molecule has 2 rings (SSSR count). The summed E-state index contributed by atoms with van der Waals surface area (Å²) in [6.07, 6.45) is 5.27. The second kappa shape index (κ2) is 7.33. The maximum atomic E-state index is 12.1. The average molecular weight is 313 g/mol. The summed E-state index contributed by atoms with van der Waals surface area (Å²) in [4.78, 5) is 20.8. The van der Waals surface area contributed by atoms with E-state index in [1.54, 1.807) is 12.3 Å². The summed E-state index contributed by atoms with van der Waals surface area (Å²) < 4.78 is 0. The van der Waals surface area contributed by atoms with Crippen molar-refractivity contribution in [1.29, 1.82) is 0 Å². The normalized spacial score (nSPS) is 13.4. The monoisotopic (exact) mass is 313 g/mol. The van der Waals surface area contributed by atoms with Gasteiger partial charge in [0.1, 0.15) is 0 Å². The number of aromatic nitrogens is 2. The minimum atomic E-state index is -0.201. The average Bonchev–Trinajstić information content (AvgIpc) is 2.51. The molecular formula is C18H23N3O2. The Bertz CT molecular complexity index is 705. The summed E-state index contributed by atoms with van der Waals surface area (Å²) in [6.45, 7) is 6.15. The molecule has 0 radical (unpaired) electrons. The van der Waals surface area contributed by atoms with Crippen LogP contribution in [-0.2, 0) is 4.79 Å². The molecule has 0 saturated carbocycles. The molecule has 1 aromatic heterocycles. The van der Waals surface area contributed by atoms with Gasteiger partial charge in [-0.2, -0.15) is 0 Å². The maximum Gasteiger partial charge on any atom is 0.244 e. The van der Waals surface area contributed by atoms with Crippen LogP contribution in [0.5, 0.6) is 0 Å². The van der Waals surface area contributed by atoms with Gasteiger partial charge in [-0.1, -0.05) is 32.9 Å². The zero-order valence-corrected chi connectivity index (χ0v) is 13.8. The second-order valence-corrected chi connectivity index (χ2v) is 6.56. The van der Waals surface area contributed by atoms with Crippen LogP contribution >= 0.6 is 0 Å². The number of carbonyl (C=O) groups is 1. The Balaban J connectivity index is 2.07. The van der Waals surface area contributed by atoms with Crippen LogP contribution in [0.25, 0.3) is 17.1 Å². The van der Waals surface area contributed by atoms with Crippen LogP contribution in [0.1, 0.15) is 32.9 Å². The molecule has 1 aromatic carbocycles. The molecule has 0 fully saturated rings. The molecule has 2 aromatic rings. The molecule has 5 heteroatoms. The van der Waals surface area contributed by atoms with Crippen molar-refractivity contribution in [1.82, 2.24) is 15.3 Å². The van der Waals surface area contributed by atoms with E-state index >= 15 is 0 Å². The van der Waals surface area contributed by atoms with E-state index in [1.165, 1.54) is 6.08 Å². The minimum absolute atomic E-state index is 0.0437. The Labute approximate surface area is 136 Å². The van der Waals surface area contributed by atoms with Crippen molar-refractivity contribution >= 4 is 23.0 Å². The predicted octanol–water partition coefficient (Wildman–Crippen LogP) is 2.56. The molecule has 1 amide bonds. The first-order valence-electron chi connectivity index (χ1n) is 7.71. The quantitative estimate of drug-likeness (QED) is 0.832. The highest BCUT2D eigenvalue weighted by Crippen LogP contribution is 2.21. The lowest BCUT2D eigenvalue weighted by molar-refractivity contribution is -0.118. The van der Waals surface area contributed by atoms with Crippen molar-refractivity contribution in [2.45, 2.75) is 33.2 Å². The smallest absolute Gasteiger partial charge is 0.244 e. The fourth-order valence-corrected chi connectivity index (χ4v) is 2.28. The molecule has 122 valence electrons. The number of nitrogens with one attached hydrogen (secondary N) is 1. The van der Waals surface area contributed by atoms with Crippen LogP contribution in [0.2, 0.25) is 0 Å². The number of amides is 1. The standard InChI is InChI=1S/C18H23N3O2/c1-18(2,3)16(10-11-22)21-17(23)9-8-13-12-19-14-6-4-5-7-15(14)20-13/h4-9,12,16,22H,10-11H2,1-3H3,(H,21,23)/b9-8+. The summed E-state index contributed by atoms with van der Waals surface area (Å²) in [6, 6.07) is 7.50. The number of para-hydroxylation sites is 2. The molecule has 0 bridgehead atoms. The predicted molar refractivity (Wildman–Crippen MR) is 91.7 cm³/mol. The lowest BCUT2D eigenvalue weighted by Gasteiger charge is -2.30. The number of nitrogens with zero attached hydrogens (tertiary/aromatic N) is 2. The van der Waals surface area contributed by atoms with Gasteiger partial charge >= 0.3 is 0 Å². The Morgan fingerprint density at radius 1 is 1.30 bits per heavy atom. The van der Waals surface area contributed by atoms with E-state index in [1.807, 2.05) is 45.0 Å². The zero-order valence-electron chi connectivity index (χ0n) is 13.8. The highest BCUT2D eigenvalue weighted by Gasteiger charge is 2.24. The molecule has 5 nitrogen and oxygen atoms in total. The van der Waals surface area contributed by atoms with Gasteiger partial charge in [0.15, 0.2) is 0 Å². The molecule has 0 spiro atoms. The summed E-state index contributed by atoms with van der Waals surface area (Å²) in [5, 5.41) is 12.1. The number of benzene rings is 1. The van der Waals surface area contributed by atoms with Crippen LogP contribution < -0.4 is 5.32 Å². The summed E-state index contributed by atoms with van der Waals surface area (Å²) in [7, 11) is 0. The van der Waals surface area contributed by atoms with Gasteiger partial charge in [0, 0.05) is 18.7 Å². The van der Waals surface area contributed by atoms with E-state index in [0.29, 0.717) is 12.1 Å². The highest BCUT2D eigenvalue weighted by molar-refractivity contribution is 5.92. The molecule has 0 aliphatic carbocycles. The summed E-state index contributed by atoms with van der Waals surface area (Å²) >= 11 is 0. The van der Waals surface area contributed by atoms with Crippen molar-refractivity contribution in [2.24, 2.45) is 5.41 Å². The number of aliphatic hydroxyl groups excluding tert-OH is 1. The van der Waals surface area contributed by atoms with Gasteiger partial charge in [-0.15, -0.1) is 0 Å². The van der Waals surface area contributed by atoms with Crippen molar-refractivity contribution in [3.63, 3.8) is 0 Å². The van der Waals surface area contributed by atoms with Crippen molar-refractivity contribution in [3.05, 3.63) is 42.2 Å². The van der Waals surface area contributed by atoms with Crippen molar-refractivity contribution < 1.29 is 9.90 Å². The number of fused-ring (bicyclic) bond motifs is 1. The number of rotatable bonds is 5. The molecule has 23 heavy (non-hydrogen) atoms. The fourth-order valence-electron chi connectivity index (χ4n) is 2.28. The second-order valence-electron chi connectivity index (χ2n) is 6.56. The summed E-state index contributed by atoms with van der Waals surface area (Å²) in [5.74, 6) is -0.201.